The monoisotopic (exact) mass is 284 g/mol. The molecule has 0 bridgehead atoms. The van der Waals surface area contributed by atoms with Crippen LogP contribution in [0.4, 0.5) is 4.79 Å². The number of nitrogens with zero attached hydrogens (tertiary/aromatic N) is 2. The van der Waals surface area contributed by atoms with Crippen molar-refractivity contribution in [1.82, 2.24) is 9.80 Å². The van der Waals surface area contributed by atoms with Gasteiger partial charge in [-0.25, -0.2) is 4.79 Å². The average Bonchev–Trinajstić information content (AvgIpc) is 3.08. The van der Waals surface area contributed by atoms with E-state index >= 15 is 0 Å². The van der Waals surface area contributed by atoms with Gasteiger partial charge in [0.1, 0.15) is 5.60 Å². The maximum absolute atomic E-state index is 11.9. The van der Waals surface area contributed by atoms with E-state index in [0.29, 0.717) is 32.7 Å². The van der Waals surface area contributed by atoms with Crippen LogP contribution in [0.5, 0.6) is 0 Å². The molecule has 1 saturated heterocycles. The number of aliphatic carboxylic acids is 1. The summed E-state index contributed by atoms with van der Waals surface area (Å²) in [6.45, 7) is 8.79. The lowest BCUT2D eigenvalue weighted by molar-refractivity contribution is -0.144. The number of carboxylic acids is 1. The first-order valence-corrected chi connectivity index (χ1v) is 7.16. The van der Waals surface area contributed by atoms with Crippen molar-refractivity contribution in [3.05, 3.63) is 0 Å². The van der Waals surface area contributed by atoms with Crippen molar-refractivity contribution in [3.63, 3.8) is 0 Å². The first kappa shape index (κ1) is 15.1. The first-order chi connectivity index (χ1) is 9.22. The zero-order valence-electron chi connectivity index (χ0n) is 12.5. The SMILES string of the molecule is CC(C)(C)OC(=O)N1CCN(CC2(C(=O)O)CC2)CC1. The number of carboxylic acid groups (broad SMARTS) is 1. The Kier molecular flexibility index (Phi) is 3.95. The van der Waals surface area contributed by atoms with Gasteiger partial charge in [0, 0.05) is 32.7 Å². The number of hydrogen-bond acceptors (Lipinski definition) is 4. The molecule has 1 N–H and O–H groups in total. The summed E-state index contributed by atoms with van der Waals surface area (Å²) in [7, 11) is 0. The smallest absolute Gasteiger partial charge is 0.410 e. The predicted octanol–water partition coefficient (Wildman–Crippen LogP) is 1.40. The van der Waals surface area contributed by atoms with Crippen LogP contribution in [-0.2, 0) is 9.53 Å². The minimum Gasteiger partial charge on any atom is -0.481 e. The molecule has 2 fully saturated rings. The van der Waals surface area contributed by atoms with Gasteiger partial charge in [-0.3, -0.25) is 9.69 Å². The van der Waals surface area contributed by atoms with E-state index in [1.807, 2.05) is 20.8 Å². The van der Waals surface area contributed by atoms with E-state index in [1.54, 1.807) is 4.90 Å². The Morgan fingerprint density at radius 3 is 2.10 bits per heavy atom. The molecule has 0 atom stereocenters. The minimum atomic E-state index is -0.688. The molecule has 0 spiro atoms. The summed E-state index contributed by atoms with van der Waals surface area (Å²) in [6.07, 6.45) is 1.26. The van der Waals surface area contributed by atoms with Gasteiger partial charge in [-0.05, 0) is 33.6 Å². The van der Waals surface area contributed by atoms with Crippen molar-refractivity contribution in [3.8, 4) is 0 Å². The molecule has 0 aromatic heterocycles. The summed E-state index contributed by atoms with van der Waals surface area (Å²) < 4.78 is 5.34. The third-order valence-corrected chi connectivity index (χ3v) is 3.86. The van der Waals surface area contributed by atoms with Gasteiger partial charge < -0.3 is 14.7 Å². The molecule has 2 rings (SSSR count). The highest BCUT2D eigenvalue weighted by molar-refractivity contribution is 5.78. The van der Waals surface area contributed by atoms with Gasteiger partial charge in [-0.1, -0.05) is 0 Å². The second-order valence-electron chi connectivity index (χ2n) is 6.83. The number of hydrogen-bond donors (Lipinski definition) is 1. The molecule has 114 valence electrons. The van der Waals surface area contributed by atoms with E-state index in [9.17, 15) is 14.7 Å². The molecule has 1 aliphatic carbocycles. The summed E-state index contributed by atoms with van der Waals surface area (Å²) >= 11 is 0. The summed E-state index contributed by atoms with van der Waals surface area (Å²) in [4.78, 5) is 26.9. The second kappa shape index (κ2) is 5.24. The van der Waals surface area contributed by atoms with Gasteiger partial charge in [0.25, 0.3) is 0 Å². The zero-order valence-corrected chi connectivity index (χ0v) is 12.5. The number of piperazine rings is 1. The van der Waals surface area contributed by atoms with Crippen LogP contribution in [0.15, 0.2) is 0 Å². The Labute approximate surface area is 119 Å². The first-order valence-electron chi connectivity index (χ1n) is 7.16. The highest BCUT2D eigenvalue weighted by Crippen LogP contribution is 2.46. The van der Waals surface area contributed by atoms with E-state index < -0.39 is 17.0 Å². The van der Waals surface area contributed by atoms with Crippen LogP contribution >= 0.6 is 0 Å². The number of carbonyl (C=O) groups excluding carboxylic acids is 1. The minimum absolute atomic E-state index is 0.281. The highest BCUT2D eigenvalue weighted by Gasteiger charge is 2.51. The number of carbonyl (C=O) groups is 2. The number of rotatable bonds is 3. The average molecular weight is 284 g/mol. The van der Waals surface area contributed by atoms with Gasteiger partial charge in [0.2, 0.25) is 0 Å². The lowest BCUT2D eigenvalue weighted by Crippen LogP contribution is -2.51. The van der Waals surface area contributed by atoms with E-state index in [4.69, 9.17) is 4.74 Å². The molecule has 0 aromatic carbocycles. The zero-order chi connectivity index (χ0) is 15.0. The van der Waals surface area contributed by atoms with E-state index in [0.717, 1.165) is 12.8 Å². The lowest BCUT2D eigenvalue weighted by atomic mass is 10.1. The Morgan fingerprint density at radius 2 is 1.70 bits per heavy atom. The molecule has 6 nitrogen and oxygen atoms in total. The molecule has 6 heteroatoms. The summed E-state index contributed by atoms with van der Waals surface area (Å²) in [5.74, 6) is -0.688. The molecule has 1 saturated carbocycles. The quantitative estimate of drug-likeness (QED) is 0.848. The van der Waals surface area contributed by atoms with Gasteiger partial charge in [0.15, 0.2) is 0 Å². The molecule has 2 aliphatic rings. The third-order valence-electron chi connectivity index (χ3n) is 3.86. The second-order valence-corrected chi connectivity index (χ2v) is 6.83. The predicted molar refractivity (Wildman–Crippen MR) is 73.5 cm³/mol. The topological polar surface area (TPSA) is 70.1 Å². The lowest BCUT2D eigenvalue weighted by Gasteiger charge is -2.36. The van der Waals surface area contributed by atoms with Crippen molar-refractivity contribution in [1.29, 1.82) is 0 Å². The molecule has 0 aromatic rings. The van der Waals surface area contributed by atoms with Gasteiger partial charge >= 0.3 is 12.1 Å². The van der Waals surface area contributed by atoms with Crippen LogP contribution in [-0.4, -0.2) is 65.3 Å². The molecule has 0 radical (unpaired) electrons. The molecular weight excluding hydrogens is 260 g/mol. The molecule has 1 heterocycles. The Bertz CT molecular complexity index is 390. The van der Waals surface area contributed by atoms with Crippen molar-refractivity contribution < 1.29 is 19.4 Å². The van der Waals surface area contributed by atoms with Crippen molar-refractivity contribution >= 4 is 12.1 Å². The molecule has 20 heavy (non-hydrogen) atoms. The van der Waals surface area contributed by atoms with E-state index in [2.05, 4.69) is 4.90 Å². The third kappa shape index (κ3) is 3.62. The van der Waals surface area contributed by atoms with Crippen molar-refractivity contribution in [2.45, 2.75) is 39.2 Å². The maximum atomic E-state index is 11.9. The van der Waals surface area contributed by atoms with Crippen LogP contribution < -0.4 is 0 Å². The maximum Gasteiger partial charge on any atom is 0.410 e. The van der Waals surface area contributed by atoms with Crippen molar-refractivity contribution in [2.24, 2.45) is 5.41 Å². The summed E-state index contributed by atoms with van der Waals surface area (Å²) in [5, 5.41) is 9.19. The van der Waals surface area contributed by atoms with Gasteiger partial charge in [0.05, 0.1) is 5.41 Å². The molecule has 1 aliphatic heterocycles. The van der Waals surface area contributed by atoms with Crippen LogP contribution in [0.2, 0.25) is 0 Å². The molecule has 1 amide bonds. The highest BCUT2D eigenvalue weighted by atomic mass is 16.6. The molecule has 0 unspecified atom stereocenters. The fraction of sp³-hybridized carbons (Fsp3) is 0.857. The van der Waals surface area contributed by atoms with Gasteiger partial charge in [-0.15, -0.1) is 0 Å². The normalized spacial score (nSPS) is 22.4. The Balaban J connectivity index is 1.78. The fourth-order valence-corrected chi connectivity index (χ4v) is 2.43. The Morgan fingerprint density at radius 1 is 1.15 bits per heavy atom. The summed E-state index contributed by atoms with van der Waals surface area (Å²) in [5.41, 5.74) is -0.996. The van der Waals surface area contributed by atoms with Crippen LogP contribution in [0.1, 0.15) is 33.6 Å². The fourth-order valence-electron chi connectivity index (χ4n) is 2.43. The summed E-state index contributed by atoms with van der Waals surface area (Å²) in [6, 6.07) is 0. The largest absolute Gasteiger partial charge is 0.481 e. The number of ether oxygens (including phenoxy) is 1. The van der Waals surface area contributed by atoms with Crippen LogP contribution in [0.3, 0.4) is 0 Å². The van der Waals surface area contributed by atoms with Crippen molar-refractivity contribution in [2.75, 3.05) is 32.7 Å². The van der Waals surface area contributed by atoms with Crippen LogP contribution in [0.25, 0.3) is 0 Å². The number of amides is 1. The standard InChI is InChI=1S/C14H24N2O4/c1-13(2,3)20-12(19)16-8-6-15(7-9-16)10-14(4-5-14)11(17)18/h4-10H2,1-3H3,(H,17,18). The van der Waals surface area contributed by atoms with E-state index in [1.165, 1.54) is 0 Å². The molecular formula is C14H24N2O4. The van der Waals surface area contributed by atoms with Gasteiger partial charge in [-0.2, -0.15) is 0 Å². The Hall–Kier alpha value is -1.30. The van der Waals surface area contributed by atoms with E-state index in [-0.39, 0.29) is 6.09 Å². The van der Waals surface area contributed by atoms with Crippen LogP contribution in [0, 0.1) is 5.41 Å².